The van der Waals surface area contributed by atoms with Gasteiger partial charge in [0.05, 0.1) is 19.5 Å². The van der Waals surface area contributed by atoms with E-state index in [4.69, 9.17) is 15.2 Å². The van der Waals surface area contributed by atoms with Crippen molar-refractivity contribution in [2.24, 2.45) is 5.92 Å². The topological polar surface area (TPSA) is 79.4 Å². The first-order valence-corrected chi connectivity index (χ1v) is 6.27. The molecule has 2 N–H and O–H groups in total. The van der Waals surface area contributed by atoms with Gasteiger partial charge in [0, 0.05) is 13.2 Å². The number of anilines is 1. The van der Waals surface area contributed by atoms with E-state index in [1.54, 1.807) is 17.8 Å². The molecule has 1 aliphatic rings. The first-order chi connectivity index (χ1) is 8.72. The molecule has 0 radical (unpaired) electrons. The average molecular weight is 253 g/mol. The number of aromatic nitrogens is 2. The van der Waals surface area contributed by atoms with Crippen molar-refractivity contribution in [3.63, 3.8) is 0 Å². The van der Waals surface area contributed by atoms with E-state index in [0.717, 1.165) is 12.5 Å². The van der Waals surface area contributed by atoms with Crippen molar-refractivity contribution in [2.75, 3.05) is 25.6 Å². The lowest BCUT2D eigenvalue weighted by molar-refractivity contribution is 0.0521. The van der Waals surface area contributed by atoms with Gasteiger partial charge in [0.2, 0.25) is 0 Å². The van der Waals surface area contributed by atoms with Crippen LogP contribution in [0.1, 0.15) is 30.3 Å². The van der Waals surface area contributed by atoms with Crippen LogP contribution in [0.2, 0.25) is 0 Å². The first kappa shape index (κ1) is 12.9. The maximum atomic E-state index is 11.5. The zero-order chi connectivity index (χ0) is 13.0. The minimum Gasteiger partial charge on any atom is -0.461 e. The third-order valence-corrected chi connectivity index (χ3v) is 2.87. The number of nitrogens with two attached hydrogens (primary N) is 1. The van der Waals surface area contributed by atoms with Crippen LogP contribution in [0.4, 0.5) is 5.82 Å². The van der Waals surface area contributed by atoms with Crippen molar-refractivity contribution in [3.8, 4) is 0 Å². The summed E-state index contributed by atoms with van der Waals surface area (Å²) in [6.07, 6.45) is 4.10. The fraction of sp³-hybridized carbons (Fsp3) is 0.667. The molecule has 2 rings (SSSR count). The largest absolute Gasteiger partial charge is 0.461 e. The smallest absolute Gasteiger partial charge is 0.360 e. The maximum Gasteiger partial charge on any atom is 0.360 e. The van der Waals surface area contributed by atoms with Crippen molar-refractivity contribution in [2.45, 2.75) is 26.3 Å². The molecule has 6 nitrogen and oxygen atoms in total. The number of hydrogen-bond donors (Lipinski definition) is 1. The van der Waals surface area contributed by atoms with Crippen LogP contribution in [0.5, 0.6) is 0 Å². The summed E-state index contributed by atoms with van der Waals surface area (Å²) in [5.74, 6) is 0.608. The summed E-state index contributed by atoms with van der Waals surface area (Å²) in [7, 11) is 0. The summed E-state index contributed by atoms with van der Waals surface area (Å²) >= 11 is 0. The maximum absolute atomic E-state index is 11.5. The summed E-state index contributed by atoms with van der Waals surface area (Å²) in [4.78, 5) is 15.5. The van der Waals surface area contributed by atoms with E-state index in [-0.39, 0.29) is 5.69 Å². The molecule has 1 fully saturated rings. The van der Waals surface area contributed by atoms with Gasteiger partial charge in [-0.2, -0.15) is 0 Å². The average Bonchev–Trinajstić information content (AvgIpc) is 3.10. The summed E-state index contributed by atoms with van der Waals surface area (Å²) in [5, 5.41) is 0. The van der Waals surface area contributed by atoms with Gasteiger partial charge in [0.25, 0.3) is 0 Å². The first-order valence-electron chi connectivity index (χ1n) is 6.27. The number of nitrogens with zero attached hydrogens (tertiary/aromatic N) is 2. The van der Waals surface area contributed by atoms with Crippen molar-refractivity contribution in [1.82, 2.24) is 9.55 Å². The second-order valence-electron chi connectivity index (χ2n) is 4.41. The van der Waals surface area contributed by atoms with E-state index in [1.807, 2.05) is 0 Å². The monoisotopic (exact) mass is 253 g/mol. The number of rotatable bonds is 7. The highest BCUT2D eigenvalue weighted by Crippen LogP contribution is 2.28. The van der Waals surface area contributed by atoms with Crippen molar-refractivity contribution in [3.05, 3.63) is 12.0 Å². The van der Waals surface area contributed by atoms with Crippen LogP contribution in [-0.4, -0.2) is 35.3 Å². The van der Waals surface area contributed by atoms with E-state index in [0.29, 0.717) is 25.6 Å². The lowest BCUT2D eigenvalue weighted by Gasteiger charge is -2.06. The minimum atomic E-state index is -0.479. The van der Waals surface area contributed by atoms with Gasteiger partial charge in [-0.1, -0.05) is 0 Å². The third-order valence-electron chi connectivity index (χ3n) is 2.87. The van der Waals surface area contributed by atoms with E-state index in [1.165, 1.54) is 12.8 Å². The van der Waals surface area contributed by atoms with Gasteiger partial charge in [-0.05, 0) is 25.7 Å². The number of nitrogen functional groups attached to an aromatic ring is 1. The molecular weight excluding hydrogens is 234 g/mol. The van der Waals surface area contributed by atoms with Gasteiger partial charge in [-0.15, -0.1) is 0 Å². The Hall–Kier alpha value is -1.56. The van der Waals surface area contributed by atoms with Crippen LogP contribution in [-0.2, 0) is 16.0 Å². The molecule has 1 aromatic rings. The Kier molecular flexibility index (Phi) is 4.19. The summed E-state index contributed by atoms with van der Waals surface area (Å²) < 4.78 is 12.1. The molecule has 0 saturated heterocycles. The van der Waals surface area contributed by atoms with Crippen molar-refractivity contribution < 1.29 is 14.3 Å². The molecule has 0 unspecified atom stereocenters. The number of carbonyl (C=O) groups is 1. The quantitative estimate of drug-likeness (QED) is 0.580. The van der Waals surface area contributed by atoms with Crippen molar-refractivity contribution in [1.29, 1.82) is 0 Å². The van der Waals surface area contributed by atoms with E-state index < -0.39 is 5.97 Å². The number of hydrogen-bond acceptors (Lipinski definition) is 5. The Morgan fingerprint density at radius 3 is 3.06 bits per heavy atom. The summed E-state index contributed by atoms with van der Waals surface area (Å²) in [6, 6.07) is 0. The van der Waals surface area contributed by atoms with Crippen LogP contribution in [0.3, 0.4) is 0 Å². The Balaban J connectivity index is 1.82. The van der Waals surface area contributed by atoms with Gasteiger partial charge in [-0.25, -0.2) is 9.78 Å². The molecule has 6 heteroatoms. The van der Waals surface area contributed by atoms with Gasteiger partial charge in [-0.3, -0.25) is 0 Å². The molecule has 1 saturated carbocycles. The lowest BCUT2D eigenvalue weighted by Crippen LogP contribution is -2.12. The number of carbonyl (C=O) groups excluding carboxylic acids is 1. The molecule has 0 atom stereocenters. The van der Waals surface area contributed by atoms with Crippen molar-refractivity contribution >= 4 is 11.8 Å². The Bertz CT molecular complexity index is 413. The molecule has 0 aliphatic heterocycles. The molecule has 0 spiro atoms. The highest BCUT2D eigenvalue weighted by molar-refractivity contribution is 5.92. The zero-order valence-electron chi connectivity index (χ0n) is 10.6. The predicted octanol–water partition coefficient (Wildman–Crippen LogP) is 1.07. The highest BCUT2D eigenvalue weighted by atomic mass is 16.5. The van der Waals surface area contributed by atoms with Crippen LogP contribution in [0.25, 0.3) is 0 Å². The van der Waals surface area contributed by atoms with Crippen LogP contribution in [0, 0.1) is 5.92 Å². The van der Waals surface area contributed by atoms with E-state index in [2.05, 4.69) is 4.98 Å². The molecule has 0 aromatic carbocycles. The van der Waals surface area contributed by atoms with Gasteiger partial charge in [0.15, 0.2) is 5.69 Å². The Morgan fingerprint density at radius 1 is 1.61 bits per heavy atom. The fourth-order valence-corrected chi connectivity index (χ4v) is 1.62. The van der Waals surface area contributed by atoms with Gasteiger partial charge >= 0.3 is 5.97 Å². The number of imidazole rings is 1. The second-order valence-corrected chi connectivity index (χ2v) is 4.41. The Morgan fingerprint density at radius 2 is 2.39 bits per heavy atom. The van der Waals surface area contributed by atoms with Gasteiger partial charge < -0.3 is 19.8 Å². The minimum absolute atomic E-state index is 0.180. The standard InChI is InChI=1S/C12H19N3O3/c1-2-18-12(16)10-11(13)15(8-14-10)5-6-17-7-9-3-4-9/h8-9H,2-7,13H2,1H3. The highest BCUT2D eigenvalue weighted by Gasteiger charge is 2.21. The molecule has 1 heterocycles. The Labute approximate surface area is 106 Å². The predicted molar refractivity (Wildman–Crippen MR) is 66.1 cm³/mol. The fourth-order valence-electron chi connectivity index (χ4n) is 1.62. The third kappa shape index (κ3) is 3.22. The molecule has 0 bridgehead atoms. The number of esters is 1. The molecule has 1 aliphatic carbocycles. The lowest BCUT2D eigenvalue weighted by atomic mass is 10.4. The van der Waals surface area contributed by atoms with Crippen LogP contribution in [0.15, 0.2) is 6.33 Å². The van der Waals surface area contributed by atoms with E-state index in [9.17, 15) is 4.79 Å². The number of ether oxygens (including phenoxy) is 2. The molecule has 18 heavy (non-hydrogen) atoms. The second kappa shape index (κ2) is 5.86. The normalized spacial score (nSPS) is 14.7. The van der Waals surface area contributed by atoms with E-state index >= 15 is 0 Å². The van der Waals surface area contributed by atoms with Crippen LogP contribution < -0.4 is 5.73 Å². The molecule has 1 aromatic heterocycles. The molecule has 0 amide bonds. The molecular formula is C12H19N3O3. The zero-order valence-corrected chi connectivity index (χ0v) is 10.6. The van der Waals surface area contributed by atoms with Gasteiger partial charge in [0.1, 0.15) is 5.82 Å². The summed E-state index contributed by atoms with van der Waals surface area (Å²) in [5.41, 5.74) is 6.01. The van der Waals surface area contributed by atoms with Crippen LogP contribution >= 0.6 is 0 Å². The summed E-state index contributed by atoms with van der Waals surface area (Å²) in [6.45, 7) is 4.07. The molecule has 100 valence electrons. The SMILES string of the molecule is CCOC(=O)c1ncn(CCOCC2CC2)c1N.